The maximum absolute atomic E-state index is 4.33. The van der Waals surface area contributed by atoms with Crippen LogP contribution in [0.25, 0.3) is 0 Å². The monoisotopic (exact) mass is 232 g/mol. The summed E-state index contributed by atoms with van der Waals surface area (Å²) >= 11 is 1.75. The Labute approximate surface area is 100 Å². The van der Waals surface area contributed by atoms with E-state index in [9.17, 15) is 0 Å². The van der Waals surface area contributed by atoms with Crippen molar-refractivity contribution in [3.63, 3.8) is 0 Å². The number of pyridine rings is 1. The molecule has 0 saturated carbocycles. The molecule has 0 aromatic carbocycles. The minimum Gasteiger partial charge on any atom is -0.309 e. The molecule has 0 aliphatic rings. The van der Waals surface area contributed by atoms with E-state index in [4.69, 9.17) is 0 Å². The van der Waals surface area contributed by atoms with Crippen LogP contribution >= 0.6 is 11.3 Å². The Bertz CT molecular complexity index is 397. The average Bonchev–Trinajstić information content (AvgIpc) is 2.83. The standard InChI is InChI=1S/C13H16N2S/c1-11(13-4-2-3-7-15-13)14-8-5-12-6-9-16-10-12/h2-4,6-7,9-11,14H,5,8H2,1H3. The molecule has 84 valence electrons. The van der Waals surface area contributed by atoms with Crippen molar-refractivity contribution in [3.05, 3.63) is 52.5 Å². The Morgan fingerprint density at radius 3 is 3.00 bits per heavy atom. The van der Waals surface area contributed by atoms with E-state index in [2.05, 4.69) is 40.1 Å². The first-order valence-corrected chi connectivity index (χ1v) is 6.46. The van der Waals surface area contributed by atoms with Crippen molar-refractivity contribution in [2.45, 2.75) is 19.4 Å². The second kappa shape index (κ2) is 5.77. The highest BCUT2D eigenvalue weighted by Gasteiger charge is 2.04. The molecule has 0 saturated heterocycles. The number of hydrogen-bond donors (Lipinski definition) is 1. The van der Waals surface area contributed by atoms with Gasteiger partial charge in [-0.2, -0.15) is 11.3 Å². The molecule has 0 radical (unpaired) electrons. The first-order valence-electron chi connectivity index (χ1n) is 5.51. The number of nitrogens with one attached hydrogen (secondary N) is 1. The van der Waals surface area contributed by atoms with E-state index in [1.807, 2.05) is 18.3 Å². The molecule has 0 bridgehead atoms. The largest absolute Gasteiger partial charge is 0.309 e. The maximum atomic E-state index is 4.33. The fourth-order valence-electron chi connectivity index (χ4n) is 1.60. The molecule has 0 amide bonds. The predicted octanol–water partition coefficient (Wildman–Crippen LogP) is 3.04. The molecule has 3 heteroatoms. The summed E-state index contributed by atoms with van der Waals surface area (Å²) in [7, 11) is 0. The first kappa shape index (κ1) is 11.3. The summed E-state index contributed by atoms with van der Waals surface area (Å²) in [5.41, 5.74) is 2.51. The number of thiophene rings is 1. The minimum absolute atomic E-state index is 0.319. The van der Waals surface area contributed by atoms with Gasteiger partial charge in [-0.25, -0.2) is 0 Å². The summed E-state index contributed by atoms with van der Waals surface area (Å²) in [6, 6.07) is 8.53. The number of nitrogens with zero attached hydrogens (tertiary/aromatic N) is 1. The third kappa shape index (κ3) is 3.15. The van der Waals surface area contributed by atoms with Gasteiger partial charge in [0.1, 0.15) is 0 Å². The molecule has 1 N–H and O–H groups in total. The summed E-state index contributed by atoms with van der Waals surface area (Å²) in [4.78, 5) is 4.33. The van der Waals surface area contributed by atoms with E-state index in [0.717, 1.165) is 18.7 Å². The molecular formula is C13H16N2S. The van der Waals surface area contributed by atoms with Gasteiger partial charge in [0.05, 0.1) is 5.69 Å². The van der Waals surface area contributed by atoms with Crippen LogP contribution in [0.3, 0.4) is 0 Å². The smallest absolute Gasteiger partial charge is 0.0570 e. The molecule has 1 atom stereocenters. The lowest BCUT2D eigenvalue weighted by Crippen LogP contribution is -2.21. The molecule has 2 aromatic heterocycles. The van der Waals surface area contributed by atoms with E-state index >= 15 is 0 Å². The molecule has 0 aliphatic carbocycles. The number of aromatic nitrogens is 1. The quantitative estimate of drug-likeness (QED) is 0.857. The third-order valence-corrected chi connectivity index (χ3v) is 3.31. The summed E-state index contributed by atoms with van der Waals surface area (Å²) < 4.78 is 0. The molecule has 0 aliphatic heterocycles. The predicted molar refractivity (Wildman–Crippen MR) is 68.7 cm³/mol. The highest BCUT2D eigenvalue weighted by atomic mass is 32.1. The van der Waals surface area contributed by atoms with Gasteiger partial charge >= 0.3 is 0 Å². The lowest BCUT2D eigenvalue weighted by Gasteiger charge is -2.12. The van der Waals surface area contributed by atoms with Gasteiger partial charge < -0.3 is 5.32 Å². The van der Waals surface area contributed by atoms with Crippen LogP contribution in [0.15, 0.2) is 41.2 Å². The molecule has 16 heavy (non-hydrogen) atoms. The van der Waals surface area contributed by atoms with Gasteiger partial charge in [0.25, 0.3) is 0 Å². The lowest BCUT2D eigenvalue weighted by atomic mass is 10.2. The molecule has 2 rings (SSSR count). The zero-order valence-corrected chi connectivity index (χ0v) is 10.2. The van der Waals surface area contributed by atoms with Gasteiger partial charge in [-0.3, -0.25) is 4.98 Å². The van der Waals surface area contributed by atoms with E-state index in [1.54, 1.807) is 11.3 Å². The van der Waals surface area contributed by atoms with E-state index in [1.165, 1.54) is 5.56 Å². The second-order valence-electron chi connectivity index (χ2n) is 3.81. The molecule has 0 spiro atoms. The van der Waals surface area contributed by atoms with Crippen molar-refractivity contribution in [2.75, 3.05) is 6.54 Å². The molecule has 2 nitrogen and oxygen atoms in total. The van der Waals surface area contributed by atoms with Crippen LogP contribution in [0.4, 0.5) is 0 Å². The Morgan fingerprint density at radius 2 is 2.31 bits per heavy atom. The maximum Gasteiger partial charge on any atom is 0.0570 e. The number of hydrogen-bond acceptors (Lipinski definition) is 3. The fraction of sp³-hybridized carbons (Fsp3) is 0.308. The van der Waals surface area contributed by atoms with Crippen molar-refractivity contribution in [3.8, 4) is 0 Å². The normalized spacial score (nSPS) is 12.6. The molecule has 1 unspecified atom stereocenters. The molecule has 0 fully saturated rings. The second-order valence-corrected chi connectivity index (χ2v) is 4.59. The lowest BCUT2D eigenvalue weighted by molar-refractivity contribution is 0.564. The highest BCUT2D eigenvalue weighted by Crippen LogP contribution is 2.09. The van der Waals surface area contributed by atoms with Crippen LogP contribution < -0.4 is 5.32 Å². The molecular weight excluding hydrogens is 216 g/mol. The van der Waals surface area contributed by atoms with Gasteiger partial charge in [0, 0.05) is 12.2 Å². The Kier molecular flexibility index (Phi) is 4.08. The van der Waals surface area contributed by atoms with Crippen molar-refractivity contribution in [2.24, 2.45) is 0 Å². The van der Waals surface area contributed by atoms with Crippen molar-refractivity contribution >= 4 is 11.3 Å². The minimum atomic E-state index is 0.319. The summed E-state index contributed by atoms with van der Waals surface area (Å²) in [5, 5.41) is 7.80. The third-order valence-electron chi connectivity index (χ3n) is 2.58. The van der Waals surface area contributed by atoms with Crippen LogP contribution in [0.5, 0.6) is 0 Å². The van der Waals surface area contributed by atoms with Crippen molar-refractivity contribution < 1.29 is 0 Å². The van der Waals surface area contributed by atoms with E-state index in [0.29, 0.717) is 6.04 Å². The first-order chi connectivity index (χ1) is 7.86. The van der Waals surface area contributed by atoms with Crippen molar-refractivity contribution in [1.29, 1.82) is 0 Å². The summed E-state index contributed by atoms with van der Waals surface area (Å²) in [5.74, 6) is 0. The van der Waals surface area contributed by atoms with Gasteiger partial charge in [-0.1, -0.05) is 6.07 Å². The van der Waals surface area contributed by atoms with E-state index in [-0.39, 0.29) is 0 Å². The average molecular weight is 232 g/mol. The van der Waals surface area contributed by atoms with Gasteiger partial charge in [0.15, 0.2) is 0 Å². The van der Waals surface area contributed by atoms with E-state index < -0.39 is 0 Å². The van der Waals surface area contributed by atoms with Crippen LogP contribution in [0.2, 0.25) is 0 Å². The van der Waals surface area contributed by atoms with Crippen molar-refractivity contribution in [1.82, 2.24) is 10.3 Å². The topological polar surface area (TPSA) is 24.9 Å². The van der Waals surface area contributed by atoms with Crippen LogP contribution in [0, 0.1) is 0 Å². The molecule has 2 heterocycles. The van der Waals surface area contributed by atoms with Crippen LogP contribution in [0.1, 0.15) is 24.2 Å². The van der Waals surface area contributed by atoms with Gasteiger partial charge in [0.2, 0.25) is 0 Å². The Hall–Kier alpha value is -1.19. The van der Waals surface area contributed by atoms with Gasteiger partial charge in [-0.05, 0) is 54.4 Å². The zero-order valence-electron chi connectivity index (χ0n) is 9.39. The Balaban J connectivity index is 1.78. The summed E-state index contributed by atoms with van der Waals surface area (Å²) in [6.45, 7) is 3.14. The number of rotatable bonds is 5. The van der Waals surface area contributed by atoms with Crippen LogP contribution in [-0.2, 0) is 6.42 Å². The SMILES string of the molecule is CC(NCCc1ccsc1)c1ccccn1. The highest BCUT2D eigenvalue weighted by molar-refractivity contribution is 7.07. The van der Waals surface area contributed by atoms with Crippen LogP contribution in [-0.4, -0.2) is 11.5 Å². The summed E-state index contributed by atoms with van der Waals surface area (Å²) in [6.07, 6.45) is 2.92. The fourth-order valence-corrected chi connectivity index (χ4v) is 2.31. The van der Waals surface area contributed by atoms with Gasteiger partial charge in [-0.15, -0.1) is 0 Å². The Morgan fingerprint density at radius 1 is 1.38 bits per heavy atom. The molecule has 2 aromatic rings. The zero-order chi connectivity index (χ0) is 11.2.